The number of likely N-dealkylation sites (tertiary alicyclic amines) is 1. The van der Waals surface area contributed by atoms with Gasteiger partial charge in [0, 0.05) is 37.9 Å². The highest BCUT2D eigenvalue weighted by Gasteiger charge is 2.35. The van der Waals surface area contributed by atoms with Gasteiger partial charge in [0.15, 0.2) is 11.6 Å². The second-order valence-corrected chi connectivity index (χ2v) is 13.2. The molecule has 4 rings (SSSR count). The molecule has 10 nitrogen and oxygen atoms in total. The summed E-state index contributed by atoms with van der Waals surface area (Å²) < 4.78 is 49.7. The number of hydrogen-bond donors (Lipinski definition) is 1. The standard InChI is InChI=1S/C39H51FN2O8/c1-28(43)41-20-18-30-11-8-12-34(40)37(30)49-25-24-48-36-26-42(38(44)50-39(2,3)4)21-19-33(36)29-14-16-32(17-15-29)47-23-9-22-46-27-31-10-6-7-13-35(31)45-5/h6-8,10-17,33,36H,9,18-27H2,1-5H3,(H,41,43). The monoisotopic (exact) mass is 694 g/mol. The van der Waals surface area contributed by atoms with Crippen molar-refractivity contribution in [3.8, 4) is 17.2 Å². The number of methoxy groups -OCH3 is 1. The fourth-order valence-electron chi connectivity index (χ4n) is 5.75. The van der Waals surface area contributed by atoms with Crippen LogP contribution in [-0.2, 0) is 32.0 Å². The highest BCUT2D eigenvalue weighted by atomic mass is 19.1. The normalized spacial score (nSPS) is 16.1. The van der Waals surface area contributed by atoms with Crippen molar-refractivity contribution in [2.75, 3.05) is 53.2 Å². The molecule has 2 unspecified atom stereocenters. The third-order valence-corrected chi connectivity index (χ3v) is 8.15. The average Bonchev–Trinajstić information content (AvgIpc) is 3.08. The maximum absolute atomic E-state index is 14.7. The van der Waals surface area contributed by atoms with Gasteiger partial charge in [-0.3, -0.25) is 4.79 Å². The molecule has 2 amide bonds. The molecule has 1 aliphatic heterocycles. The van der Waals surface area contributed by atoms with Crippen LogP contribution in [0.1, 0.15) is 63.1 Å². The van der Waals surface area contributed by atoms with Crippen LogP contribution in [-0.4, -0.2) is 81.8 Å². The van der Waals surface area contributed by atoms with Crippen LogP contribution < -0.4 is 19.5 Å². The molecule has 0 aliphatic carbocycles. The molecule has 272 valence electrons. The molecule has 3 aromatic carbocycles. The largest absolute Gasteiger partial charge is 0.496 e. The molecule has 0 spiro atoms. The van der Waals surface area contributed by atoms with Gasteiger partial charge in [-0.15, -0.1) is 0 Å². The molecule has 11 heteroatoms. The van der Waals surface area contributed by atoms with E-state index in [0.29, 0.717) is 57.9 Å². The fourth-order valence-corrected chi connectivity index (χ4v) is 5.75. The van der Waals surface area contributed by atoms with Gasteiger partial charge in [-0.2, -0.15) is 0 Å². The quantitative estimate of drug-likeness (QED) is 0.156. The molecule has 1 N–H and O–H groups in total. The highest BCUT2D eigenvalue weighted by Crippen LogP contribution is 2.32. The van der Waals surface area contributed by atoms with E-state index in [1.165, 1.54) is 13.0 Å². The van der Waals surface area contributed by atoms with Gasteiger partial charge >= 0.3 is 6.09 Å². The van der Waals surface area contributed by atoms with Crippen molar-refractivity contribution >= 4 is 12.0 Å². The molecule has 1 heterocycles. The van der Waals surface area contributed by atoms with Gasteiger partial charge in [0.05, 0.1) is 46.2 Å². The molecule has 2 atom stereocenters. The summed E-state index contributed by atoms with van der Waals surface area (Å²) in [5.74, 6) is 1.11. The molecule has 0 saturated carbocycles. The van der Waals surface area contributed by atoms with Crippen molar-refractivity contribution in [2.45, 2.75) is 71.2 Å². The van der Waals surface area contributed by atoms with Gasteiger partial charge in [0.25, 0.3) is 0 Å². The number of benzene rings is 3. The van der Waals surface area contributed by atoms with Gasteiger partial charge in [0.1, 0.15) is 23.7 Å². The zero-order valence-corrected chi connectivity index (χ0v) is 29.9. The number of nitrogens with zero attached hydrogens (tertiary/aromatic N) is 1. The summed E-state index contributed by atoms with van der Waals surface area (Å²) in [6.07, 6.45) is 1.12. The van der Waals surface area contributed by atoms with E-state index < -0.39 is 11.4 Å². The first kappa shape index (κ1) is 38.5. The molecule has 1 fully saturated rings. The zero-order chi connectivity index (χ0) is 35.9. The Kier molecular flexibility index (Phi) is 14.7. The molecule has 0 aromatic heterocycles. The third kappa shape index (κ3) is 12.2. The summed E-state index contributed by atoms with van der Waals surface area (Å²) in [6, 6.07) is 20.5. The van der Waals surface area contributed by atoms with Crippen molar-refractivity contribution in [3.05, 3.63) is 89.2 Å². The van der Waals surface area contributed by atoms with Crippen molar-refractivity contribution in [3.63, 3.8) is 0 Å². The van der Waals surface area contributed by atoms with E-state index in [4.69, 9.17) is 28.4 Å². The number of halogens is 1. The van der Waals surface area contributed by atoms with E-state index in [1.807, 2.05) is 69.3 Å². The molecular formula is C39H51FN2O8. The van der Waals surface area contributed by atoms with Crippen molar-refractivity contribution < 1.29 is 42.4 Å². The van der Waals surface area contributed by atoms with Gasteiger partial charge < -0.3 is 38.6 Å². The van der Waals surface area contributed by atoms with Crippen LogP contribution in [0, 0.1) is 5.82 Å². The van der Waals surface area contributed by atoms with Crippen molar-refractivity contribution in [2.24, 2.45) is 0 Å². The molecular weight excluding hydrogens is 643 g/mol. The number of nitrogens with one attached hydrogen (secondary N) is 1. The molecule has 1 aliphatic rings. The van der Waals surface area contributed by atoms with Gasteiger partial charge in [-0.05, 0) is 69.0 Å². The predicted octanol–water partition coefficient (Wildman–Crippen LogP) is 6.69. The number of carbonyl (C=O) groups is 2. The van der Waals surface area contributed by atoms with Gasteiger partial charge in [-0.25, -0.2) is 9.18 Å². The minimum Gasteiger partial charge on any atom is -0.496 e. The van der Waals surface area contributed by atoms with Crippen molar-refractivity contribution in [1.29, 1.82) is 0 Å². The maximum Gasteiger partial charge on any atom is 0.410 e. The lowest BCUT2D eigenvalue weighted by molar-refractivity contribution is -0.118. The summed E-state index contributed by atoms with van der Waals surface area (Å²) >= 11 is 0. The number of amides is 2. The topological polar surface area (TPSA) is 105 Å². The summed E-state index contributed by atoms with van der Waals surface area (Å²) in [5.41, 5.74) is 2.12. The number of rotatable bonds is 17. The van der Waals surface area contributed by atoms with E-state index in [-0.39, 0.29) is 43.0 Å². The lowest BCUT2D eigenvalue weighted by Gasteiger charge is -2.39. The number of hydrogen-bond acceptors (Lipinski definition) is 8. The molecule has 1 saturated heterocycles. The highest BCUT2D eigenvalue weighted by molar-refractivity contribution is 5.72. The Morgan fingerprint density at radius 2 is 1.68 bits per heavy atom. The number of piperidine rings is 1. The minimum absolute atomic E-state index is 0.00722. The Balaban J connectivity index is 1.31. The van der Waals surface area contributed by atoms with Gasteiger partial charge in [-0.1, -0.05) is 42.5 Å². The van der Waals surface area contributed by atoms with Crippen LogP contribution in [0.15, 0.2) is 66.7 Å². The van der Waals surface area contributed by atoms with Crippen LogP contribution in [0.4, 0.5) is 9.18 Å². The smallest absolute Gasteiger partial charge is 0.410 e. The first-order valence-electron chi connectivity index (χ1n) is 17.2. The second-order valence-electron chi connectivity index (χ2n) is 13.2. The predicted molar refractivity (Wildman–Crippen MR) is 188 cm³/mol. The van der Waals surface area contributed by atoms with Crippen LogP contribution in [0.3, 0.4) is 0 Å². The van der Waals surface area contributed by atoms with Crippen LogP contribution >= 0.6 is 0 Å². The Labute approximate surface area is 295 Å². The first-order chi connectivity index (χ1) is 24.0. The van der Waals surface area contributed by atoms with Crippen LogP contribution in [0.25, 0.3) is 0 Å². The molecule has 50 heavy (non-hydrogen) atoms. The number of carbonyl (C=O) groups excluding carboxylic acids is 2. The first-order valence-corrected chi connectivity index (χ1v) is 17.2. The number of ether oxygens (including phenoxy) is 6. The summed E-state index contributed by atoms with van der Waals surface area (Å²) in [7, 11) is 1.65. The summed E-state index contributed by atoms with van der Waals surface area (Å²) in [6.45, 7) is 10.1. The lowest BCUT2D eigenvalue weighted by atomic mass is 9.87. The van der Waals surface area contributed by atoms with E-state index in [0.717, 1.165) is 29.0 Å². The number of para-hydroxylation sites is 2. The Bertz CT molecular complexity index is 1510. The SMILES string of the molecule is COc1ccccc1COCCCOc1ccc(C2CCN(C(=O)OC(C)(C)C)CC2OCCOc2c(F)cccc2CCNC(C)=O)cc1. The van der Waals surface area contributed by atoms with E-state index in [2.05, 4.69) is 5.32 Å². The van der Waals surface area contributed by atoms with Crippen LogP contribution in [0.2, 0.25) is 0 Å². The average molecular weight is 695 g/mol. The van der Waals surface area contributed by atoms with E-state index >= 15 is 0 Å². The Hall–Kier alpha value is -4.35. The molecule has 0 radical (unpaired) electrons. The molecule has 0 bridgehead atoms. The van der Waals surface area contributed by atoms with Crippen molar-refractivity contribution in [1.82, 2.24) is 10.2 Å². The van der Waals surface area contributed by atoms with Crippen LogP contribution in [0.5, 0.6) is 17.2 Å². The Morgan fingerprint density at radius 1 is 0.920 bits per heavy atom. The summed E-state index contributed by atoms with van der Waals surface area (Å²) in [5, 5.41) is 2.73. The van der Waals surface area contributed by atoms with Gasteiger partial charge in [0.2, 0.25) is 5.91 Å². The maximum atomic E-state index is 14.7. The van der Waals surface area contributed by atoms with E-state index in [9.17, 15) is 14.0 Å². The molecule has 3 aromatic rings. The fraction of sp³-hybridized carbons (Fsp3) is 0.487. The third-order valence-electron chi connectivity index (χ3n) is 8.15. The summed E-state index contributed by atoms with van der Waals surface area (Å²) in [4.78, 5) is 25.9. The minimum atomic E-state index is -0.618. The second kappa shape index (κ2) is 19.2. The van der Waals surface area contributed by atoms with E-state index in [1.54, 1.807) is 24.1 Å². The zero-order valence-electron chi connectivity index (χ0n) is 29.9. The Morgan fingerprint density at radius 3 is 2.42 bits per heavy atom. The lowest BCUT2D eigenvalue weighted by Crippen LogP contribution is -2.48.